The smallest absolute Gasteiger partial charge is 0.0305 e. The summed E-state index contributed by atoms with van der Waals surface area (Å²) in [6.45, 7) is 13.4. The van der Waals surface area contributed by atoms with Crippen molar-refractivity contribution in [2.75, 3.05) is 13.1 Å². The molecular formula is C15H26N2. The van der Waals surface area contributed by atoms with E-state index >= 15 is 0 Å². The predicted molar refractivity (Wildman–Crippen MR) is 74.3 cm³/mol. The number of hydrogen-bond donors (Lipinski definition) is 1. The Labute approximate surface area is 106 Å². The molecule has 1 rings (SSSR count). The topological polar surface area (TPSA) is 24.9 Å². The van der Waals surface area contributed by atoms with E-state index < -0.39 is 0 Å². The third-order valence-electron chi connectivity index (χ3n) is 3.44. The van der Waals surface area contributed by atoms with Gasteiger partial charge in [0.05, 0.1) is 0 Å². The van der Waals surface area contributed by atoms with E-state index in [9.17, 15) is 0 Å². The molecule has 2 atom stereocenters. The van der Waals surface area contributed by atoms with Crippen LogP contribution in [0.2, 0.25) is 0 Å². The van der Waals surface area contributed by atoms with Gasteiger partial charge in [0.15, 0.2) is 0 Å². The summed E-state index contributed by atoms with van der Waals surface area (Å²) in [7, 11) is 0. The highest BCUT2D eigenvalue weighted by Crippen LogP contribution is 2.25. The zero-order valence-electron chi connectivity index (χ0n) is 11.8. The Hall–Kier alpha value is -0.890. The van der Waals surface area contributed by atoms with E-state index in [0.29, 0.717) is 11.8 Å². The van der Waals surface area contributed by atoms with Crippen LogP contribution in [0.3, 0.4) is 0 Å². The Bertz CT molecular complexity index is 333. The molecule has 0 bridgehead atoms. The molecule has 1 aromatic heterocycles. The van der Waals surface area contributed by atoms with Crippen LogP contribution in [-0.4, -0.2) is 18.1 Å². The molecule has 0 aliphatic carbocycles. The van der Waals surface area contributed by atoms with Gasteiger partial charge in [0.25, 0.3) is 0 Å². The highest BCUT2D eigenvalue weighted by Gasteiger charge is 2.15. The quantitative estimate of drug-likeness (QED) is 0.816. The Morgan fingerprint density at radius 1 is 1.18 bits per heavy atom. The van der Waals surface area contributed by atoms with Gasteiger partial charge in [-0.1, -0.05) is 27.7 Å². The van der Waals surface area contributed by atoms with Crippen LogP contribution in [-0.2, 0) is 0 Å². The molecule has 1 heterocycles. The summed E-state index contributed by atoms with van der Waals surface area (Å²) in [5.41, 5.74) is 2.73. The average molecular weight is 234 g/mol. The summed E-state index contributed by atoms with van der Waals surface area (Å²) >= 11 is 0. The molecule has 0 fully saturated rings. The van der Waals surface area contributed by atoms with Crippen LogP contribution in [0.1, 0.15) is 44.7 Å². The van der Waals surface area contributed by atoms with Crippen LogP contribution in [0.4, 0.5) is 0 Å². The number of pyridine rings is 1. The van der Waals surface area contributed by atoms with Gasteiger partial charge in [-0.3, -0.25) is 4.98 Å². The molecule has 2 nitrogen and oxygen atoms in total. The van der Waals surface area contributed by atoms with Crippen LogP contribution in [0.15, 0.2) is 18.5 Å². The lowest BCUT2D eigenvalue weighted by Gasteiger charge is -2.22. The van der Waals surface area contributed by atoms with Gasteiger partial charge >= 0.3 is 0 Å². The van der Waals surface area contributed by atoms with Gasteiger partial charge in [0.2, 0.25) is 0 Å². The minimum atomic E-state index is 0.559. The molecule has 0 aliphatic rings. The minimum Gasteiger partial charge on any atom is -0.316 e. The molecule has 2 unspecified atom stereocenters. The Balaban J connectivity index is 2.52. The van der Waals surface area contributed by atoms with Crippen molar-refractivity contribution >= 4 is 0 Å². The SMILES string of the molecule is Cc1ccncc1C(C)C(C)CNCC(C)C. The summed E-state index contributed by atoms with van der Waals surface area (Å²) in [5, 5.41) is 3.53. The molecule has 96 valence electrons. The molecule has 0 saturated heterocycles. The molecule has 1 N–H and O–H groups in total. The maximum atomic E-state index is 4.24. The summed E-state index contributed by atoms with van der Waals surface area (Å²) in [6, 6.07) is 2.10. The monoisotopic (exact) mass is 234 g/mol. The van der Waals surface area contributed by atoms with Crippen LogP contribution < -0.4 is 5.32 Å². The average Bonchev–Trinajstić information content (AvgIpc) is 2.28. The molecule has 0 aromatic carbocycles. The second-order valence-electron chi connectivity index (χ2n) is 5.55. The zero-order valence-corrected chi connectivity index (χ0v) is 11.8. The molecule has 0 saturated carbocycles. The molecule has 0 amide bonds. The van der Waals surface area contributed by atoms with E-state index in [4.69, 9.17) is 0 Å². The van der Waals surface area contributed by atoms with Crippen molar-refractivity contribution in [3.63, 3.8) is 0 Å². The number of aromatic nitrogens is 1. The number of rotatable bonds is 6. The van der Waals surface area contributed by atoms with Crippen LogP contribution in [0.25, 0.3) is 0 Å². The first-order chi connectivity index (χ1) is 8.02. The number of nitrogens with one attached hydrogen (secondary N) is 1. The van der Waals surface area contributed by atoms with Crippen molar-refractivity contribution in [1.29, 1.82) is 0 Å². The van der Waals surface area contributed by atoms with Gasteiger partial charge in [-0.05, 0) is 55.0 Å². The van der Waals surface area contributed by atoms with E-state index in [1.165, 1.54) is 11.1 Å². The van der Waals surface area contributed by atoms with Crippen molar-refractivity contribution < 1.29 is 0 Å². The van der Waals surface area contributed by atoms with E-state index in [0.717, 1.165) is 19.0 Å². The van der Waals surface area contributed by atoms with Crippen LogP contribution in [0.5, 0.6) is 0 Å². The maximum Gasteiger partial charge on any atom is 0.0305 e. The van der Waals surface area contributed by atoms with Crippen molar-refractivity contribution in [1.82, 2.24) is 10.3 Å². The normalized spacial score (nSPS) is 14.9. The molecule has 2 heteroatoms. The first-order valence-electron chi connectivity index (χ1n) is 6.63. The number of nitrogens with zero attached hydrogens (tertiary/aromatic N) is 1. The van der Waals surface area contributed by atoms with E-state index in [1.807, 2.05) is 12.4 Å². The summed E-state index contributed by atoms with van der Waals surface area (Å²) < 4.78 is 0. The Kier molecular flexibility index (Phi) is 5.63. The highest BCUT2D eigenvalue weighted by atomic mass is 14.9. The zero-order chi connectivity index (χ0) is 12.8. The van der Waals surface area contributed by atoms with Crippen molar-refractivity contribution in [3.05, 3.63) is 29.6 Å². The third kappa shape index (κ3) is 4.47. The van der Waals surface area contributed by atoms with E-state index in [-0.39, 0.29) is 0 Å². The highest BCUT2D eigenvalue weighted by molar-refractivity contribution is 5.25. The molecular weight excluding hydrogens is 208 g/mol. The van der Waals surface area contributed by atoms with Gasteiger partial charge in [0.1, 0.15) is 0 Å². The standard InChI is InChI=1S/C15H26N2/c1-11(2)8-17-9-13(4)14(5)15-10-16-7-6-12(15)3/h6-7,10-11,13-14,17H,8-9H2,1-5H3. The van der Waals surface area contributed by atoms with Gasteiger partial charge in [-0.2, -0.15) is 0 Å². The lowest BCUT2D eigenvalue weighted by Crippen LogP contribution is -2.27. The first kappa shape index (κ1) is 14.2. The second-order valence-corrected chi connectivity index (χ2v) is 5.55. The van der Waals surface area contributed by atoms with Gasteiger partial charge in [-0.25, -0.2) is 0 Å². The molecule has 17 heavy (non-hydrogen) atoms. The lowest BCUT2D eigenvalue weighted by atomic mass is 9.87. The van der Waals surface area contributed by atoms with Crippen molar-refractivity contribution in [3.8, 4) is 0 Å². The predicted octanol–water partition coefficient (Wildman–Crippen LogP) is 3.38. The summed E-state index contributed by atoms with van der Waals surface area (Å²) in [4.78, 5) is 4.24. The fourth-order valence-corrected chi connectivity index (χ4v) is 2.04. The fourth-order valence-electron chi connectivity index (χ4n) is 2.04. The molecule has 1 aromatic rings. The number of aryl methyl sites for hydroxylation is 1. The largest absolute Gasteiger partial charge is 0.316 e. The minimum absolute atomic E-state index is 0.559. The van der Waals surface area contributed by atoms with Gasteiger partial charge in [-0.15, -0.1) is 0 Å². The third-order valence-corrected chi connectivity index (χ3v) is 3.44. The maximum absolute atomic E-state index is 4.24. The van der Waals surface area contributed by atoms with Crippen LogP contribution in [0, 0.1) is 18.8 Å². The molecule has 0 spiro atoms. The fraction of sp³-hybridized carbons (Fsp3) is 0.667. The summed E-state index contributed by atoms with van der Waals surface area (Å²) in [5.74, 6) is 1.91. The first-order valence-corrected chi connectivity index (χ1v) is 6.63. The van der Waals surface area contributed by atoms with Crippen LogP contribution >= 0.6 is 0 Å². The number of hydrogen-bond acceptors (Lipinski definition) is 2. The molecule has 0 radical (unpaired) electrons. The van der Waals surface area contributed by atoms with Crippen molar-refractivity contribution in [2.24, 2.45) is 11.8 Å². The molecule has 0 aliphatic heterocycles. The van der Waals surface area contributed by atoms with Crippen molar-refractivity contribution in [2.45, 2.75) is 40.5 Å². The van der Waals surface area contributed by atoms with Gasteiger partial charge in [0, 0.05) is 12.4 Å². The Morgan fingerprint density at radius 2 is 1.88 bits per heavy atom. The van der Waals surface area contributed by atoms with Gasteiger partial charge < -0.3 is 5.32 Å². The van der Waals surface area contributed by atoms with E-state index in [2.05, 4.69) is 51.0 Å². The van der Waals surface area contributed by atoms with E-state index in [1.54, 1.807) is 0 Å². The second kappa shape index (κ2) is 6.75. The lowest BCUT2D eigenvalue weighted by molar-refractivity contribution is 0.427. The summed E-state index contributed by atoms with van der Waals surface area (Å²) in [6.07, 6.45) is 3.88. The Morgan fingerprint density at radius 3 is 2.47 bits per heavy atom.